The van der Waals surface area contributed by atoms with Crippen LogP contribution in [-0.4, -0.2) is 19.7 Å². The van der Waals surface area contributed by atoms with Gasteiger partial charge in [0.25, 0.3) is 0 Å². The molecule has 0 aliphatic heterocycles. The lowest BCUT2D eigenvalue weighted by atomic mass is 10.2. The predicted octanol–water partition coefficient (Wildman–Crippen LogP) is 2.80. The van der Waals surface area contributed by atoms with E-state index < -0.39 is 0 Å². The summed E-state index contributed by atoms with van der Waals surface area (Å²) in [6.45, 7) is 3.86. The normalized spacial score (nSPS) is 10.8. The fourth-order valence-corrected chi connectivity index (χ4v) is 2.02. The SMILES string of the molecule is Cc1nn(C)c(C)c1-c1nc(Cl)cc(Cl)n1. The van der Waals surface area contributed by atoms with Crippen LogP contribution in [0.5, 0.6) is 0 Å². The van der Waals surface area contributed by atoms with Crippen LogP contribution in [0.4, 0.5) is 0 Å². The molecule has 0 bridgehead atoms. The lowest BCUT2D eigenvalue weighted by Gasteiger charge is -2.01. The third kappa shape index (κ3) is 1.90. The van der Waals surface area contributed by atoms with Crippen molar-refractivity contribution in [2.24, 2.45) is 7.05 Å². The Morgan fingerprint density at radius 2 is 1.69 bits per heavy atom. The quantitative estimate of drug-likeness (QED) is 0.738. The van der Waals surface area contributed by atoms with Gasteiger partial charge >= 0.3 is 0 Å². The summed E-state index contributed by atoms with van der Waals surface area (Å²) in [5, 5.41) is 4.96. The molecular formula is C10H10Cl2N4. The van der Waals surface area contributed by atoms with Crippen molar-refractivity contribution in [1.29, 1.82) is 0 Å². The fourth-order valence-electron chi connectivity index (χ4n) is 1.60. The average molecular weight is 257 g/mol. The molecule has 0 aromatic carbocycles. The van der Waals surface area contributed by atoms with Gasteiger partial charge in [-0.3, -0.25) is 4.68 Å². The van der Waals surface area contributed by atoms with E-state index in [-0.39, 0.29) is 0 Å². The van der Waals surface area contributed by atoms with E-state index in [9.17, 15) is 0 Å². The molecule has 6 heteroatoms. The molecule has 2 heterocycles. The lowest BCUT2D eigenvalue weighted by Crippen LogP contribution is -1.95. The molecule has 0 atom stereocenters. The Balaban J connectivity index is 2.67. The molecule has 0 aliphatic carbocycles. The van der Waals surface area contributed by atoms with Crippen LogP contribution < -0.4 is 0 Å². The standard InChI is InChI=1S/C10H10Cl2N4/c1-5-9(6(2)16(3)15-5)10-13-7(11)4-8(12)14-10/h4H,1-3H3. The average Bonchev–Trinajstić information content (AvgIpc) is 2.39. The molecule has 0 N–H and O–H groups in total. The largest absolute Gasteiger partial charge is 0.272 e. The lowest BCUT2D eigenvalue weighted by molar-refractivity contribution is 0.731. The number of aryl methyl sites for hydroxylation is 2. The molecule has 2 aromatic rings. The zero-order chi connectivity index (χ0) is 11.9. The monoisotopic (exact) mass is 256 g/mol. The van der Waals surface area contributed by atoms with Crippen LogP contribution in [0, 0.1) is 13.8 Å². The van der Waals surface area contributed by atoms with Crippen molar-refractivity contribution in [3.63, 3.8) is 0 Å². The Morgan fingerprint density at radius 3 is 2.12 bits per heavy atom. The third-order valence-electron chi connectivity index (χ3n) is 2.40. The summed E-state index contributed by atoms with van der Waals surface area (Å²) in [7, 11) is 1.87. The van der Waals surface area contributed by atoms with Crippen molar-refractivity contribution in [3.8, 4) is 11.4 Å². The third-order valence-corrected chi connectivity index (χ3v) is 2.78. The van der Waals surface area contributed by atoms with Gasteiger partial charge in [-0.25, -0.2) is 9.97 Å². The van der Waals surface area contributed by atoms with Crippen LogP contribution in [0.1, 0.15) is 11.4 Å². The summed E-state index contributed by atoms with van der Waals surface area (Å²) in [6, 6.07) is 1.51. The summed E-state index contributed by atoms with van der Waals surface area (Å²) in [4.78, 5) is 8.31. The molecule has 2 rings (SSSR count). The van der Waals surface area contributed by atoms with Crippen LogP contribution in [0.3, 0.4) is 0 Å². The summed E-state index contributed by atoms with van der Waals surface area (Å²) < 4.78 is 1.78. The maximum Gasteiger partial charge on any atom is 0.166 e. The second-order valence-electron chi connectivity index (χ2n) is 3.51. The number of halogens is 2. The first-order valence-electron chi connectivity index (χ1n) is 4.69. The highest BCUT2D eigenvalue weighted by Crippen LogP contribution is 2.25. The second-order valence-corrected chi connectivity index (χ2v) is 4.28. The first-order valence-corrected chi connectivity index (χ1v) is 5.45. The minimum atomic E-state index is 0.331. The van der Waals surface area contributed by atoms with Gasteiger partial charge in [0, 0.05) is 18.8 Å². The van der Waals surface area contributed by atoms with Gasteiger partial charge in [0.2, 0.25) is 0 Å². The van der Waals surface area contributed by atoms with Gasteiger partial charge in [-0.1, -0.05) is 23.2 Å². The molecule has 0 aliphatic rings. The van der Waals surface area contributed by atoms with Crippen LogP contribution in [-0.2, 0) is 7.05 Å². The summed E-state index contributed by atoms with van der Waals surface area (Å²) in [5.41, 5.74) is 2.72. The van der Waals surface area contributed by atoms with Crippen LogP contribution in [0.25, 0.3) is 11.4 Å². The zero-order valence-corrected chi connectivity index (χ0v) is 10.6. The summed E-state index contributed by atoms with van der Waals surface area (Å²) in [5.74, 6) is 0.514. The van der Waals surface area contributed by atoms with Gasteiger partial charge in [-0.05, 0) is 13.8 Å². The Bertz CT molecular complexity index is 528. The van der Waals surface area contributed by atoms with Gasteiger partial charge in [0.15, 0.2) is 5.82 Å². The van der Waals surface area contributed by atoms with E-state index in [1.807, 2.05) is 20.9 Å². The first kappa shape index (κ1) is 11.4. The molecule has 0 saturated carbocycles. The van der Waals surface area contributed by atoms with E-state index in [1.165, 1.54) is 6.07 Å². The number of aromatic nitrogens is 4. The number of hydrogen-bond acceptors (Lipinski definition) is 3. The Kier molecular flexibility index (Phi) is 2.86. The Hall–Kier alpha value is -1.13. The maximum absolute atomic E-state index is 5.85. The second kappa shape index (κ2) is 4.03. The van der Waals surface area contributed by atoms with E-state index in [0.29, 0.717) is 16.1 Å². The predicted molar refractivity (Wildman–Crippen MR) is 63.7 cm³/mol. The summed E-state index contributed by atoms with van der Waals surface area (Å²) in [6.07, 6.45) is 0. The molecule has 0 radical (unpaired) electrons. The molecule has 4 nitrogen and oxygen atoms in total. The molecule has 84 valence electrons. The molecule has 0 fully saturated rings. The fraction of sp³-hybridized carbons (Fsp3) is 0.300. The topological polar surface area (TPSA) is 43.6 Å². The van der Waals surface area contributed by atoms with Crippen molar-refractivity contribution >= 4 is 23.2 Å². The van der Waals surface area contributed by atoms with E-state index in [0.717, 1.165) is 17.0 Å². The van der Waals surface area contributed by atoms with Crippen LogP contribution in [0.15, 0.2) is 6.07 Å². The van der Waals surface area contributed by atoms with E-state index in [4.69, 9.17) is 23.2 Å². The van der Waals surface area contributed by atoms with E-state index in [2.05, 4.69) is 15.1 Å². The van der Waals surface area contributed by atoms with Crippen molar-refractivity contribution in [3.05, 3.63) is 27.8 Å². The Labute approximate surface area is 103 Å². The van der Waals surface area contributed by atoms with Gasteiger partial charge < -0.3 is 0 Å². The number of rotatable bonds is 1. The summed E-state index contributed by atoms with van der Waals surface area (Å²) >= 11 is 11.7. The van der Waals surface area contributed by atoms with Gasteiger partial charge in [0.1, 0.15) is 10.3 Å². The molecule has 0 saturated heterocycles. The van der Waals surface area contributed by atoms with Crippen molar-refractivity contribution < 1.29 is 0 Å². The van der Waals surface area contributed by atoms with Crippen LogP contribution in [0.2, 0.25) is 10.3 Å². The number of nitrogens with zero attached hydrogens (tertiary/aromatic N) is 4. The van der Waals surface area contributed by atoms with E-state index >= 15 is 0 Å². The molecule has 0 unspecified atom stereocenters. The molecule has 0 spiro atoms. The highest BCUT2D eigenvalue weighted by molar-refractivity contribution is 6.33. The van der Waals surface area contributed by atoms with Gasteiger partial charge in [-0.2, -0.15) is 5.10 Å². The van der Waals surface area contributed by atoms with Crippen molar-refractivity contribution in [1.82, 2.24) is 19.7 Å². The minimum absolute atomic E-state index is 0.331. The zero-order valence-electron chi connectivity index (χ0n) is 9.12. The van der Waals surface area contributed by atoms with Gasteiger partial charge in [-0.15, -0.1) is 0 Å². The van der Waals surface area contributed by atoms with Crippen LogP contribution >= 0.6 is 23.2 Å². The highest BCUT2D eigenvalue weighted by atomic mass is 35.5. The molecule has 0 amide bonds. The number of hydrogen-bond donors (Lipinski definition) is 0. The van der Waals surface area contributed by atoms with E-state index in [1.54, 1.807) is 4.68 Å². The van der Waals surface area contributed by atoms with Crippen molar-refractivity contribution in [2.75, 3.05) is 0 Å². The molecule has 2 aromatic heterocycles. The van der Waals surface area contributed by atoms with Gasteiger partial charge in [0.05, 0.1) is 11.3 Å². The highest BCUT2D eigenvalue weighted by Gasteiger charge is 2.15. The molecule has 16 heavy (non-hydrogen) atoms. The van der Waals surface area contributed by atoms with Crippen molar-refractivity contribution in [2.45, 2.75) is 13.8 Å². The first-order chi connectivity index (χ1) is 7.49. The maximum atomic E-state index is 5.85. The smallest absolute Gasteiger partial charge is 0.166 e. The minimum Gasteiger partial charge on any atom is -0.272 e. The Morgan fingerprint density at radius 1 is 1.12 bits per heavy atom. The molecular weight excluding hydrogens is 247 g/mol.